The molecule has 2 atom stereocenters. The van der Waals surface area contributed by atoms with Crippen molar-refractivity contribution in [1.82, 2.24) is 0 Å². The molecule has 0 saturated carbocycles. The summed E-state index contributed by atoms with van der Waals surface area (Å²) < 4.78 is 5.10. The van der Waals surface area contributed by atoms with E-state index < -0.39 is 6.10 Å². The Hall–Kier alpha value is -2.04. The second-order valence-corrected chi connectivity index (χ2v) is 5.75. The van der Waals surface area contributed by atoms with Crippen LogP contribution in [0.25, 0.3) is 0 Å². The van der Waals surface area contributed by atoms with E-state index in [-0.39, 0.29) is 12.0 Å². The summed E-state index contributed by atoms with van der Waals surface area (Å²) in [7, 11) is 0. The van der Waals surface area contributed by atoms with Gasteiger partial charge in [-0.15, -0.1) is 0 Å². The Bertz CT molecular complexity index is 660. The number of halogens is 1. The summed E-state index contributed by atoms with van der Waals surface area (Å²) in [5.41, 5.74) is 1.95. The Morgan fingerprint density at radius 1 is 1.22 bits per heavy atom. The molecule has 2 aromatic rings. The SMILES string of the molecule is CCOC(=O)[C@@H]1C[C@@H](c2ccc(Cl)cc2)N(c2ccccc2)O1. The highest BCUT2D eigenvalue weighted by Gasteiger charge is 2.39. The number of hydroxylamine groups is 1. The molecule has 1 fully saturated rings. The minimum Gasteiger partial charge on any atom is -0.464 e. The molecule has 0 aromatic heterocycles. The number of anilines is 1. The van der Waals surface area contributed by atoms with Crippen LogP contribution in [-0.4, -0.2) is 18.7 Å². The molecule has 1 aliphatic heterocycles. The average Bonchev–Trinajstić information content (AvgIpc) is 3.02. The minimum absolute atomic E-state index is 0.0657. The van der Waals surface area contributed by atoms with Gasteiger partial charge in [0, 0.05) is 11.4 Å². The lowest BCUT2D eigenvalue weighted by molar-refractivity contribution is -0.154. The maximum Gasteiger partial charge on any atom is 0.338 e. The predicted octanol–water partition coefficient (Wildman–Crippen LogP) is 4.15. The van der Waals surface area contributed by atoms with E-state index in [9.17, 15) is 4.79 Å². The molecular formula is C18H18ClNO3. The van der Waals surface area contributed by atoms with Crippen LogP contribution in [0.1, 0.15) is 24.9 Å². The van der Waals surface area contributed by atoms with E-state index in [1.54, 1.807) is 12.0 Å². The number of hydrogen-bond donors (Lipinski definition) is 0. The van der Waals surface area contributed by atoms with Gasteiger partial charge in [0.25, 0.3) is 0 Å². The maximum absolute atomic E-state index is 12.1. The number of carbonyl (C=O) groups is 1. The fraction of sp³-hybridized carbons (Fsp3) is 0.278. The molecule has 0 bridgehead atoms. The van der Waals surface area contributed by atoms with Gasteiger partial charge in [0.15, 0.2) is 6.10 Å². The van der Waals surface area contributed by atoms with E-state index >= 15 is 0 Å². The number of benzene rings is 2. The third-order valence-corrected chi connectivity index (χ3v) is 4.03. The highest BCUT2D eigenvalue weighted by Crippen LogP contribution is 2.38. The Balaban J connectivity index is 1.90. The summed E-state index contributed by atoms with van der Waals surface area (Å²) in [5, 5.41) is 2.46. The molecule has 0 unspecified atom stereocenters. The first-order valence-corrected chi connectivity index (χ1v) is 8.00. The van der Waals surface area contributed by atoms with Crippen molar-refractivity contribution in [3.05, 3.63) is 65.2 Å². The number of nitrogens with zero attached hydrogens (tertiary/aromatic N) is 1. The van der Waals surface area contributed by atoms with Gasteiger partial charge in [-0.3, -0.25) is 4.84 Å². The van der Waals surface area contributed by atoms with Crippen LogP contribution in [-0.2, 0) is 14.4 Å². The van der Waals surface area contributed by atoms with Crippen molar-refractivity contribution in [3.8, 4) is 0 Å². The van der Waals surface area contributed by atoms with Crippen molar-refractivity contribution in [2.24, 2.45) is 0 Å². The number of ether oxygens (including phenoxy) is 1. The van der Waals surface area contributed by atoms with Gasteiger partial charge < -0.3 is 4.74 Å². The summed E-state index contributed by atoms with van der Waals surface area (Å²) in [6.45, 7) is 2.13. The summed E-state index contributed by atoms with van der Waals surface area (Å²) in [4.78, 5) is 17.9. The highest BCUT2D eigenvalue weighted by molar-refractivity contribution is 6.30. The molecule has 0 aliphatic carbocycles. The first-order valence-electron chi connectivity index (χ1n) is 7.62. The van der Waals surface area contributed by atoms with Crippen LogP contribution in [0.15, 0.2) is 54.6 Å². The van der Waals surface area contributed by atoms with Crippen molar-refractivity contribution in [2.75, 3.05) is 11.7 Å². The minimum atomic E-state index is -0.601. The zero-order chi connectivity index (χ0) is 16.2. The van der Waals surface area contributed by atoms with Crippen molar-refractivity contribution in [2.45, 2.75) is 25.5 Å². The molecule has 1 aliphatic rings. The molecular weight excluding hydrogens is 314 g/mol. The molecule has 4 nitrogen and oxygen atoms in total. The van der Waals surface area contributed by atoms with E-state index in [0.717, 1.165) is 11.3 Å². The van der Waals surface area contributed by atoms with Crippen molar-refractivity contribution in [1.29, 1.82) is 0 Å². The molecule has 1 saturated heterocycles. The number of para-hydroxylation sites is 1. The number of rotatable bonds is 4. The molecule has 0 radical (unpaired) electrons. The van der Waals surface area contributed by atoms with Crippen molar-refractivity contribution in [3.63, 3.8) is 0 Å². The number of esters is 1. The van der Waals surface area contributed by atoms with Crippen LogP contribution in [0.4, 0.5) is 5.69 Å². The molecule has 0 N–H and O–H groups in total. The lowest BCUT2D eigenvalue weighted by Crippen LogP contribution is -2.26. The Morgan fingerprint density at radius 2 is 1.91 bits per heavy atom. The fourth-order valence-corrected chi connectivity index (χ4v) is 2.82. The molecule has 23 heavy (non-hydrogen) atoms. The van der Waals surface area contributed by atoms with Gasteiger partial charge in [-0.1, -0.05) is 41.9 Å². The summed E-state index contributed by atoms with van der Waals surface area (Å²) in [6.07, 6.45) is -0.0640. The van der Waals surface area contributed by atoms with Gasteiger partial charge >= 0.3 is 5.97 Å². The first kappa shape index (κ1) is 15.8. The van der Waals surface area contributed by atoms with E-state index in [4.69, 9.17) is 21.2 Å². The summed E-state index contributed by atoms with van der Waals surface area (Å²) in [6, 6.07) is 17.3. The largest absolute Gasteiger partial charge is 0.464 e. The molecule has 0 spiro atoms. The van der Waals surface area contributed by atoms with Crippen LogP contribution in [0.5, 0.6) is 0 Å². The predicted molar refractivity (Wildman–Crippen MR) is 89.2 cm³/mol. The molecule has 3 rings (SSSR count). The smallest absolute Gasteiger partial charge is 0.338 e. The topological polar surface area (TPSA) is 38.8 Å². The molecule has 5 heteroatoms. The average molecular weight is 332 g/mol. The zero-order valence-corrected chi connectivity index (χ0v) is 13.6. The quantitative estimate of drug-likeness (QED) is 0.789. The first-order chi connectivity index (χ1) is 11.2. The second-order valence-electron chi connectivity index (χ2n) is 5.31. The van der Waals surface area contributed by atoms with Crippen molar-refractivity contribution >= 4 is 23.3 Å². The van der Waals surface area contributed by atoms with Gasteiger partial charge in [0.2, 0.25) is 0 Å². The monoisotopic (exact) mass is 331 g/mol. The molecule has 2 aromatic carbocycles. The zero-order valence-electron chi connectivity index (χ0n) is 12.8. The number of hydrogen-bond acceptors (Lipinski definition) is 4. The molecule has 1 heterocycles. The summed E-state index contributed by atoms with van der Waals surface area (Å²) >= 11 is 5.97. The molecule has 120 valence electrons. The van der Waals surface area contributed by atoms with E-state index in [1.165, 1.54) is 0 Å². The lowest BCUT2D eigenvalue weighted by Gasteiger charge is -2.25. The highest BCUT2D eigenvalue weighted by atomic mass is 35.5. The van der Waals surface area contributed by atoms with Gasteiger partial charge in [-0.05, 0) is 36.8 Å². The summed E-state index contributed by atoms with van der Waals surface area (Å²) in [5.74, 6) is -0.329. The third-order valence-electron chi connectivity index (χ3n) is 3.78. The van der Waals surface area contributed by atoms with Gasteiger partial charge in [0.1, 0.15) is 0 Å². The van der Waals surface area contributed by atoms with Crippen molar-refractivity contribution < 1.29 is 14.4 Å². The maximum atomic E-state index is 12.1. The normalized spacial score (nSPS) is 20.5. The Labute approximate surface area is 140 Å². The number of carbonyl (C=O) groups excluding carboxylic acids is 1. The van der Waals surface area contributed by atoms with E-state index in [0.29, 0.717) is 18.1 Å². The van der Waals surface area contributed by atoms with E-state index in [1.807, 2.05) is 54.6 Å². The van der Waals surface area contributed by atoms with Gasteiger partial charge in [-0.25, -0.2) is 9.86 Å². The van der Waals surface area contributed by atoms with Crippen LogP contribution in [0.3, 0.4) is 0 Å². The standard InChI is InChI=1S/C18H18ClNO3/c1-2-22-18(21)17-12-16(13-8-10-14(19)11-9-13)20(23-17)15-6-4-3-5-7-15/h3-11,16-17H,2,12H2,1H3/t16-,17-/m0/s1. The third kappa shape index (κ3) is 3.49. The molecule has 0 amide bonds. The van der Waals surface area contributed by atoms with Crippen LogP contribution in [0.2, 0.25) is 5.02 Å². The van der Waals surface area contributed by atoms with Crippen LogP contribution >= 0.6 is 11.6 Å². The van der Waals surface area contributed by atoms with E-state index in [2.05, 4.69) is 0 Å². The fourth-order valence-electron chi connectivity index (χ4n) is 2.70. The Kier molecular flexibility index (Phi) is 4.84. The van der Waals surface area contributed by atoms with Crippen LogP contribution in [0, 0.1) is 0 Å². The Morgan fingerprint density at radius 3 is 2.57 bits per heavy atom. The van der Waals surface area contributed by atoms with Gasteiger partial charge in [0.05, 0.1) is 18.3 Å². The van der Waals surface area contributed by atoms with Gasteiger partial charge in [-0.2, -0.15) is 0 Å². The van der Waals surface area contributed by atoms with Crippen LogP contribution < -0.4 is 5.06 Å². The lowest BCUT2D eigenvalue weighted by atomic mass is 10.0. The second kappa shape index (κ2) is 7.02.